The Hall–Kier alpha value is -2.71. The number of benzene rings is 2. The molecule has 0 aliphatic carbocycles. The first-order valence-corrected chi connectivity index (χ1v) is 10.3. The van der Waals surface area contributed by atoms with Gasteiger partial charge in [0.1, 0.15) is 18.5 Å². The Bertz CT molecular complexity index is 1010. The quantitative estimate of drug-likeness (QED) is 0.410. The van der Waals surface area contributed by atoms with Crippen LogP contribution < -0.4 is 4.74 Å². The summed E-state index contributed by atoms with van der Waals surface area (Å²) in [4.78, 5) is 10.9. The number of hydrogen-bond donors (Lipinski definition) is 0. The number of fused-ring (bicyclic) bond motifs is 1. The molecule has 0 saturated heterocycles. The van der Waals surface area contributed by atoms with Gasteiger partial charge >= 0.3 is 0 Å². The lowest BCUT2D eigenvalue weighted by Gasteiger charge is -2.27. The van der Waals surface area contributed by atoms with E-state index < -0.39 is 21.1 Å². The fraction of sp³-hybridized carbons (Fsp3) is 0.300. The molecule has 0 bridgehead atoms. The molecule has 3 rings (SSSR count). The first-order valence-electron chi connectivity index (χ1n) is 8.87. The maximum atomic E-state index is 12.4. The van der Waals surface area contributed by atoms with Crippen molar-refractivity contribution in [2.24, 2.45) is 0 Å². The average Bonchev–Trinajstić information content (AvgIpc) is 2.67. The molecule has 1 heterocycles. The zero-order valence-corrected chi connectivity index (χ0v) is 16.4. The smallest absolute Gasteiger partial charge is 0.297 e. The fourth-order valence-electron chi connectivity index (χ4n) is 3.06. The normalized spacial score (nSPS) is 16.6. The van der Waals surface area contributed by atoms with E-state index in [1.807, 2.05) is 6.92 Å². The predicted molar refractivity (Wildman–Crippen MR) is 105 cm³/mol. The molecule has 148 valence electrons. The standard InChI is InChI=1S/C20H21NO6S/c1-3-4-18-19(21(22)23)12-8-15-7-9-16(27-20(15)18)13-26-28(24,25)17-10-5-14(2)6-11-17/h3-6,8,10-12,16H,7,9,13H2,1-2H3. The van der Waals surface area contributed by atoms with Gasteiger partial charge in [-0.25, -0.2) is 0 Å². The number of nitro benzene ring substituents is 1. The van der Waals surface area contributed by atoms with E-state index in [2.05, 4.69) is 0 Å². The number of nitrogens with zero attached hydrogens (tertiary/aromatic N) is 1. The van der Waals surface area contributed by atoms with Crippen LogP contribution in [0.3, 0.4) is 0 Å². The first-order chi connectivity index (χ1) is 13.3. The average molecular weight is 403 g/mol. The van der Waals surface area contributed by atoms with Crippen molar-refractivity contribution < 1.29 is 22.3 Å². The molecule has 0 aromatic heterocycles. The zero-order valence-electron chi connectivity index (χ0n) is 15.6. The Labute approximate surface area is 163 Å². The minimum absolute atomic E-state index is 0.0503. The summed E-state index contributed by atoms with van der Waals surface area (Å²) >= 11 is 0. The van der Waals surface area contributed by atoms with Gasteiger partial charge in [-0.3, -0.25) is 14.3 Å². The van der Waals surface area contributed by atoms with E-state index in [1.165, 1.54) is 18.2 Å². The Morgan fingerprint density at radius 3 is 2.61 bits per heavy atom. The van der Waals surface area contributed by atoms with Crippen molar-refractivity contribution >= 4 is 21.9 Å². The Morgan fingerprint density at radius 2 is 1.96 bits per heavy atom. The number of ether oxygens (including phenoxy) is 1. The van der Waals surface area contributed by atoms with Gasteiger partial charge in [0, 0.05) is 6.07 Å². The van der Waals surface area contributed by atoms with Crippen LogP contribution in [0.25, 0.3) is 6.08 Å². The van der Waals surface area contributed by atoms with E-state index in [0.717, 1.165) is 11.1 Å². The van der Waals surface area contributed by atoms with Crippen LogP contribution in [-0.4, -0.2) is 26.1 Å². The second-order valence-electron chi connectivity index (χ2n) is 6.57. The van der Waals surface area contributed by atoms with Crippen molar-refractivity contribution in [3.63, 3.8) is 0 Å². The van der Waals surface area contributed by atoms with Crippen LogP contribution >= 0.6 is 0 Å². The van der Waals surface area contributed by atoms with Crippen LogP contribution in [-0.2, 0) is 20.7 Å². The lowest BCUT2D eigenvalue weighted by Crippen LogP contribution is -2.29. The van der Waals surface area contributed by atoms with Gasteiger partial charge in [0.2, 0.25) is 0 Å². The number of allylic oxidation sites excluding steroid dienone is 1. The van der Waals surface area contributed by atoms with E-state index in [-0.39, 0.29) is 17.2 Å². The predicted octanol–water partition coefficient (Wildman–Crippen LogP) is 4.04. The van der Waals surface area contributed by atoms with Crippen LogP contribution in [0.2, 0.25) is 0 Å². The van der Waals surface area contributed by atoms with Gasteiger partial charge in [0.15, 0.2) is 0 Å². The molecule has 1 aliphatic rings. The summed E-state index contributed by atoms with van der Waals surface area (Å²) in [5.74, 6) is 0.417. The molecule has 1 atom stereocenters. The van der Waals surface area contributed by atoms with Gasteiger partial charge in [-0.05, 0) is 56.5 Å². The van der Waals surface area contributed by atoms with Crippen LogP contribution in [0, 0.1) is 17.0 Å². The summed E-state index contributed by atoms with van der Waals surface area (Å²) in [6, 6.07) is 9.54. The highest BCUT2D eigenvalue weighted by Crippen LogP contribution is 2.38. The Morgan fingerprint density at radius 1 is 1.25 bits per heavy atom. The van der Waals surface area contributed by atoms with Crippen LogP contribution in [0.4, 0.5) is 5.69 Å². The molecule has 1 unspecified atom stereocenters. The van der Waals surface area contributed by atoms with Crippen LogP contribution in [0.5, 0.6) is 5.75 Å². The minimum Gasteiger partial charge on any atom is -0.487 e. The van der Waals surface area contributed by atoms with Crippen molar-refractivity contribution in [3.8, 4) is 5.75 Å². The summed E-state index contributed by atoms with van der Waals surface area (Å²) in [5.41, 5.74) is 2.14. The molecule has 7 nitrogen and oxygen atoms in total. The lowest BCUT2D eigenvalue weighted by molar-refractivity contribution is -0.385. The fourth-order valence-corrected chi connectivity index (χ4v) is 3.99. The van der Waals surface area contributed by atoms with Crippen LogP contribution in [0.15, 0.2) is 47.4 Å². The number of nitro groups is 1. The molecule has 2 aromatic carbocycles. The van der Waals surface area contributed by atoms with Crippen LogP contribution in [0.1, 0.15) is 30.0 Å². The van der Waals surface area contributed by atoms with Crippen molar-refractivity contribution in [2.75, 3.05) is 6.61 Å². The molecule has 28 heavy (non-hydrogen) atoms. The second-order valence-corrected chi connectivity index (χ2v) is 8.19. The number of aryl methyl sites for hydroxylation is 2. The zero-order chi connectivity index (χ0) is 20.3. The molecule has 0 radical (unpaired) electrons. The van der Waals surface area contributed by atoms with E-state index in [0.29, 0.717) is 24.2 Å². The SMILES string of the molecule is CC=Cc1c([N+](=O)[O-])ccc2c1OC(COS(=O)(=O)c1ccc(C)cc1)CC2. The summed E-state index contributed by atoms with van der Waals surface area (Å²) in [6.45, 7) is 3.47. The third-order valence-electron chi connectivity index (χ3n) is 4.52. The van der Waals surface area contributed by atoms with E-state index in [4.69, 9.17) is 8.92 Å². The molecule has 8 heteroatoms. The summed E-state index contributed by atoms with van der Waals surface area (Å²) in [7, 11) is -3.90. The molecule has 0 fully saturated rings. The van der Waals surface area contributed by atoms with E-state index in [9.17, 15) is 18.5 Å². The van der Waals surface area contributed by atoms with Crippen molar-refractivity contribution in [1.82, 2.24) is 0 Å². The highest BCUT2D eigenvalue weighted by Gasteiger charge is 2.28. The Balaban J connectivity index is 1.79. The monoisotopic (exact) mass is 403 g/mol. The third kappa shape index (κ3) is 4.23. The maximum absolute atomic E-state index is 12.4. The van der Waals surface area contributed by atoms with E-state index >= 15 is 0 Å². The lowest BCUT2D eigenvalue weighted by atomic mass is 9.98. The third-order valence-corrected chi connectivity index (χ3v) is 5.82. The molecule has 2 aromatic rings. The minimum atomic E-state index is -3.90. The van der Waals surface area contributed by atoms with Gasteiger partial charge < -0.3 is 4.74 Å². The van der Waals surface area contributed by atoms with Gasteiger partial charge in [-0.15, -0.1) is 0 Å². The number of rotatable bonds is 6. The summed E-state index contributed by atoms with van der Waals surface area (Å²) in [5, 5.41) is 11.3. The summed E-state index contributed by atoms with van der Waals surface area (Å²) < 4.78 is 35.8. The molecule has 0 N–H and O–H groups in total. The van der Waals surface area contributed by atoms with Gasteiger partial charge in [-0.1, -0.05) is 23.8 Å². The van der Waals surface area contributed by atoms with Crippen molar-refractivity contribution in [2.45, 2.75) is 37.7 Å². The first kappa shape index (κ1) is 20.0. The van der Waals surface area contributed by atoms with Gasteiger partial charge in [0.25, 0.3) is 15.8 Å². The van der Waals surface area contributed by atoms with Crippen molar-refractivity contribution in [1.29, 1.82) is 0 Å². The van der Waals surface area contributed by atoms with Crippen molar-refractivity contribution in [3.05, 3.63) is 69.3 Å². The molecule has 1 aliphatic heterocycles. The molecule has 0 spiro atoms. The van der Waals surface area contributed by atoms with Gasteiger partial charge in [0.05, 0.1) is 15.4 Å². The van der Waals surface area contributed by atoms with E-state index in [1.54, 1.807) is 37.3 Å². The highest BCUT2D eigenvalue weighted by atomic mass is 32.2. The maximum Gasteiger partial charge on any atom is 0.297 e. The topological polar surface area (TPSA) is 95.7 Å². The van der Waals surface area contributed by atoms with Gasteiger partial charge in [-0.2, -0.15) is 8.42 Å². The molecule has 0 saturated carbocycles. The Kier molecular flexibility index (Phi) is 5.81. The highest BCUT2D eigenvalue weighted by molar-refractivity contribution is 7.86. The summed E-state index contributed by atoms with van der Waals surface area (Å²) in [6.07, 6.45) is 4.00. The number of hydrogen-bond acceptors (Lipinski definition) is 6. The molecular weight excluding hydrogens is 382 g/mol. The molecule has 0 amide bonds. The second kappa shape index (κ2) is 8.12. The largest absolute Gasteiger partial charge is 0.487 e. The molecular formula is C20H21NO6S.